The van der Waals surface area contributed by atoms with E-state index < -0.39 is 0 Å². The first-order valence-electron chi connectivity index (χ1n) is 7.93. The molecule has 23 heavy (non-hydrogen) atoms. The van der Waals surface area contributed by atoms with E-state index in [9.17, 15) is 9.18 Å². The van der Waals surface area contributed by atoms with Crippen molar-refractivity contribution < 1.29 is 13.9 Å². The first-order chi connectivity index (χ1) is 10.8. The standard InChI is InChI=1S/C17H26FN3O2/c1-17(2,21(3)4)11-19-16(22)20-14-6-5-9-23-15-8-7-12(18)10-13(14)15/h7-8,10,14H,5-6,9,11H2,1-4H3,(H2,19,20,22)/t14-/m1/s1. The van der Waals surface area contributed by atoms with Crippen LogP contribution in [0, 0.1) is 5.82 Å². The van der Waals surface area contributed by atoms with Crippen LogP contribution in [0.25, 0.3) is 0 Å². The van der Waals surface area contributed by atoms with Gasteiger partial charge in [0.1, 0.15) is 11.6 Å². The second-order valence-corrected chi connectivity index (χ2v) is 6.76. The smallest absolute Gasteiger partial charge is 0.315 e. The van der Waals surface area contributed by atoms with Crippen LogP contribution in [0.3, 0.4) is 0 Å². The maximum absolute atomic E-state index is 13.5. The quantitative estimate of drug-likeness (QED) is 0.896. The largest absolute Gasteiger partial charge is 0.493 e. The summed E-state index contributed by atoms with van der Waals surface area (Å²) in [6, 6.07) is 3.95. The maximum Gasteiger partial charge on any atom is 0.315 e. The third-order valence-electron chi connectivity index (χ3n) is 4.44. The van der Waals surface area contributed by atoms with Crippen LogP contribution in [0.2, 0.25) is 0 Å². The highest BCUT2D eigenvalue weighted by Gasteiger charge is 2.24. The van der Waals surface area contributed by atoms with Crippen LogP contribution in [0.1, 0.15) is 38.3 Å². The molecule has 128 valence electrons. The van der Waals surface area contributed by atoms with Crippen molar-refractivity contribution in [3.63, 3.8) is 0 Å². The lowest BCUT2D eigenvalue weighted by atomic mass is 10.0. The van der Waals surface area contributed by atoms with Gasteiger partial charge in [-0.15, -0.1) is 0 Å². The molecule has 2 rings (SSSR count). The second kappa shape index (κ2) is 7.17. The molecule has 0 fully saturated rings. The lowest BCUT2D eigenvalue weighted by Gasteiger charge is -2.32. The summed E-state index contributed by atoms with van der Waals surface area (Å²) in [6.45, 7) is 5.20. The van der Waals surface area contributed by atoms with Crippen molar-refractivity contribution in [2.45, 2.75) is 38.3 Å². The van der Waals surface area contributed by atoms with Gasteiger partial charge in [0.15, 0.2) is 0 Å². The van der Waals surface area contributed by atoms with Gasteiger partial charge in [-0.05, 0) is 59.0 Å². The molecule has 0 bridgehead atoms. The van der Waals surface area contributed by atoms with Crippen molar-refractivity contribution in [2.24, 2.45) is 0 Å². The number of fused-ring (bicyclic) bond motifs is 1. The van der Waals surface area contributed by atoms with E-state index in [0.717, 1.165) is 12.8 Å². The number of halogens is 1. The molecule has 0 aliphatic carbocycles. The minimum atomic E-state index is -0.324. The molecular weight excluding hydrogens is 297 g/mol. The average molecular weight is 323 g/mol. The Morgan fingerprint density at radius 2 is 2.17 bits per heavy atom. The van der Waals surface area contributed by atoms with Crippen molar-refractivity contribution in [1.29, 1.82) is 0 Å². The molecule has 1 aromatic carbocycles. The number of likely N-dealkylation sites (N-methyl/N-ethyl adjacent to an activating group) is 1. The highest BCUT2D eigenvalue weighted by Crippen LogP contribution is 2.31. The molecule has 0 radical (unpaired) electrons. The van der Waals surface area contributed by atoms with E-state index in [0.29, 0.717) is 24.5 Å². The molecule has 2 N–H and O–H groups in total. The Balaban J connectivity index is 2.02. The summed E-state index contributed by atoms with van der Waals surface area (Å²) in [7, 11) is 3.95. The molecule has 0 saturated heterocycles. The van der Waals surface area contributed by atoms with Crippen LogP contribution < -0.4 is 15.4 Å². The number of hydrogen-bond donors (Lipinski definition) is 2. The fourth-order valence-corrected chi connectivity index (χ4v) is 2.36. The number of nitrogens with zero attached hydrogens (tertiary/aromatic N) is 1. The van der Waals surface area contributed by atoms with Gasteiger partial charge in [0.2, 0.25) is 0 Å². The van der Waals surface area contributed by atoms with Crippen LogP contribution in [0.15, 0.2) is 18.2 Å². The first kappa shape index (κ1) is 17.5. The summed E-state index contributed by atoms with van der Waals surface area (Å²) in [4.78, 5) is 14.3. The Morgan fingerprint density at radius 1 is 1.43 bits per heavy atom. The van der Waals surface area contributed by atoms with Crippen molar-refractivity contribution in [3.8, 4) is 5.75 Å². The molecule has 0 unspecified atom stereocenters. The predicted octanol–water partition coefficient (Wildman–Crippen LogP) is 2.68. The van der Waals surface area contributed by atoms with Crippen molar-refractivity contribution in [3.05, 3.63) is 29.6 Å². The summed E-state index contributed by atoms with van der Waals surface area (Å²) < 4.78 is 19.2. The highest BCUT2D eigenvalue weighted by molar-refractivity contribution is 5.74. The third kappa shape index (κ3) is 4.58. The molecule has 6 heteroatoms. The molecular formula is C17H26FN3O2. The fraction of sp³-hybridized carbons (Fsp3) is 0.588. The summed E-state index contributed by atoms with van der Waals surface area (Å²) in [5, 5.41) is 5.83. The maximum atomic E-state index is 13.5. The van der Waals surface area contributed by atoms with E-state index in [-0.39, 0.29) is 23.4 Å². The van der Waals surface area contributed by atoms with Gasteiger partial charge in [-0.3, -0.25) is 0 Å². The number of carbonyl (C=O) groups excluding carboxylic acids is 1. The molecule has 1 aliphatic rings. The van der Waals surface area contributed by atoms with E-state index in [1.54, 1.807) is 6.07 Å². The normalized spacial score (nSPS) is 17.9. The second-order valence-electron chi connectivity index (χ2n) is 6.76. The van der Waals surface area contributed by atoms with Crippen LogP contribution >= 0.6 is 0 Å². The number of carbonyl (C=O) groups is 1. The lowest BCUT2D eigenvalue weighted by molar-refractivity contribution is 0.185. The van der Waals surface area contributed by atoms with Crippen molar-refractivity contribution in [1.82, 2.24) is 15.5 Å². The van der Waals surface area contributed by atoms with Crippen LogP contribution in [0.5, 0.6) is 5.75 Å². The minimum Gasteiger partial charge on any atom is -0.493 e. The monoisotopic (exact) mass is 323 g/mol. The number of ether oxygens (including phenoxy) is 1. The molecule has 1 atom stereocenters. The van der Waals surface area contributed by atoms with Gasteiger partial charge in [-0.25, -0.2) is 9.18 Å². The highest BCUT2D eigenvalue weighted by atomic mass is 19.1. The molecule has 1 aromatic rings. The summed E-state index contributed by atoms with van der Waals surface area (Å²) in [6.07, 6.45) is 1.53. The van der Waals surface area contributed by atoms with Gasteiger partial charge in [0.05, 0.1) is 12.6 Å². The number of hydrogen-bond acceptors (Lipinski definition) is 3. The molecule has 2 amide bonds. The van der Waals surface area contributed by atoms with E-state index in [4.69, 9.17) is 4.74 Å². The van der Waals surface area contributed by atoms with Gasteiger partial charge >= 0.3 is 6.03 Å². The van der Waals surface area contributed by atoms with Gasteiger partial charge in [-0.2, -0.15) is 0 Å². The average Bonchev–Trinajstić information content (AvgIpc) is 2.68. The zero-order valence-electron chi connectivity index (χ0n) is 14.3. The number of benzene rings is 1. The Morgan fingerprint density at radius 3 is 2.87 bits per heavy atom. The minimum absolute atomic E-state index is 0.145. The Kier molecular flexibility index (Phi) is 5.46. The van der Waals surface area contributed by atoms with Crippen LogP contribution in [-0.2, 0) is 0 Å². The predicted molar refractivity (Wildman–Crippen MR) is 88.2 cm³/mol. The van der Waals surface area contributed by atoms with Gasteiger partial charge in [0.25, 0.3) is 0 Å². The Bertz CT molecular complexity index is 561. The fourth-order valence-electron chi connectivity index (χ4n) is 2.36. The molecule has 1 aliphatic heterocycles. The number of amides is 2. The first-order valence-corrected chi connectivity index (χ1v) is 7.93. The van der Waals surface area contributed by atoms with Gasteiger partial charge in [-0.1, -0.05) is 0 Å². The van der Waals surface area contributed by atoms with E-state index >= 15 is 0 Å². The number of nitrogens with one attached hydrogen (secondary N) is 2. The lowest BCUT2D eigenvalue weighted by Crippen LogP contribution is -2.50. The zero-order chi connectivity index (χ0) is 17.0. The van der Waals surface area contributed by atoms with Gasteiger partial charge in [0, 0.05) is 17.6 Å². The molecule has 0 saturated carbocycles. The SMILES string of the molecule is CN(C)C(C)(C)CNC(=O)N[C@@H]1CCCOc2ccc(F)cc21. The van der Waals surface area contributed by atoms with Crippen LogP contribution in [-0.4, -0.2) is 43.7 Å². The van der Waals surface area contributed by atoms with Crippen molar-refractivity contribution in [2.75, 3.05) is 27.2 Å². The molecule has 1 heterocycles. The zero-order valence-corrected chi connectivity index (χ0v) is 14.3. The van der Waals surface area contributed by atoms with Crippen LogP contribution in [0.4, 0.5) is 9.18 Å². The summed E-state index contributed by atoms with van der Waals surface area (Å²) in [5.74, 6) is 0.318. The molecule has 0 aromatic heterocycles. The van der Waals surface area contributed by atoms with Gasteiger partial charge < -0.3 is 20.3 Å². The third-order valence-corrected chi connectivity index (χ3v) is 4.44. The number of rotatable bonds is 4. The molecule has 0 spiro atoms. The summed E-state index contributed by atoms with van der Waals surface area (Å²) in [5.41, 5.74) is 0.554. The van der Waals surface area contributed by atoms with E-state index in [1.165, 1.54) is 12.1 Å². The summed E-state index contributed by atoms with van der Waals surface area (Å²) >= 11 is 0. The topological polar surface area (TPSA) is 53.6 Å². The Hall–Kier alpha value is -1.82. The number of urea groups is 1. The van der Waals surface area contributed by atoms with Crippen molar-refractivity contribution >= 4 is 6.03 Å². The van der Waals surface area contributed by atoms with E-state index in [1.807, 2.05) is 14.1 Å². The molecule has 5 nitrogen and oxygen atoms in total. The van der Waals surface area contributed by atoms with E-state index in [2.05, 4.69) is 29.4 Å². The Labute approximate surface area is 137 Å².